The zero-order valence-corrected chi connectivity index (χ0v) is 15.7. The number of aliphatic hydroxyl groups excluding tert-OH is 1. The molecule has 2 aromatic carbocycles. The second-order valence-electron chi connectivity index (χ2n) is 6.53. The van der Waals surface area contributed by atoms with Gasteiger partial charge in [0.25, 0.3) is 5.91 Å². The molecule has 1 saturated heterocycles. The Kier molecular flexibility index (Phi) is 5.79. The number of nitrogens with one attached hydrogen (secondary N) is 1. The van der Waals surface area contributed by atoms with Crippen molar-refractivity contribution in [3.8, 4) is 5.75 Å². The van der Waals surface area contributed by atoms with Gasteiger partial charge in [0.2, 0.25) is 10.0 Å². The van der Waals surface area contributed by atoms with Gasteiger partial charge in [0.1, 0.15) is 12.4 Å². The van der Waals surface area contributed by atoms with Crippen LogP contribution in [0.2, 0.25) is 0 Å². The Morgan fingerprint density at radius 1 is 1.15 bits per heavy atom. The number of carbonyl (C=O) groups is 1. The van der Waals surface area contributed by atoms with Crippen LogP contribution in [0.25, 0.3) is 0 Å². The van der Waals surface area contributed by atoms with Gasteiger partial charge < -0.3 is 15.2 Å². The van der Waals surface area contributed by atoms with E-state index in [1.165, 1.54) is 0 Å². The van der Waals surface area contributed by atoms with Gasteiger partial charge in [-0.2, -0.15) is 4.31 Å². The van der Waals surface area contributed by atoms with Crippen molar-refractivity contribution in [2.24, 2.45) is 0 Å². The topological polar surface area (TPSA) is 95.9 Å². The first-order chi connectivity index (χ1) is 12.8. The van der Waals surface area contributed by atoms with Gasteiger partial charge in [-0.25, -0.2) is 8.42 Å². The second-order valence-corrected chi connectivity index (χ2v) is 8.51. The van der Waals surface area contributed by atoms with E-state index in [0.29, 0.717) is 17.9 Å². The smallest absolute Gasteiger partial charge is 0.251 e. The molecule has 1 heterocycles. The summed E-state index contributed by atoms with van der Waals surface area (Å²) in [5.74, 6) is 0.267. The third kappa shape index (κ3) is 5.06. The summed E-state index contributed by atoms with van der Waals surface area (Å²) in [5, 5.41) is 12.7. The Hall–Kier alpha value is -2.42. The number of benzene rings is 2. The zero-order chi connectivity index (χ0) is 19.4. The monoisotopic (exact) mass is 390 g/mol. The van der Waals surface area contributed by atoms with Gasteiger partial charge in [-0.1, -0.05) is 30.3 Å². The number of carbonyl (C=O) groups excluding carboxylic acids is 1. The lowest BCUT2D eigenvalue weighted by Gasteiger charge is -2.16. The number of ether oxygens (including phenoxy) is 1. The van der Waals surface area contributed by atoms with Crippen LogP contribution in [0.15, 0.2) is 54.6 Å². The first-order valence-electron chi connectivity index (χ1n) is 8.54. The van der Waals surface area contributed by atoms with Crippen LogP contribution in [-0.2, 0) is 16.6 Å². The molecule has 1 fully saturated rings. The van der Waals surface area contributed by atoms with E-state index in [4.69, 9.17) is 4.74 Å². The van der Waals surface area contributed by atoms with Gasteiger partial charge in [0, 0.05) is 18.7 Å². The second kappa shape index (κ2) is 8.08. The lowest BCUT2D eigenvalue weighted by molar-refractivity contribution is 0.0888. The molecule has 2 aromatic rings. The van der Waals surface area contributed by atoms with E-state index in [1.807, 2.05) is 30.3 Å². The average molecular weight is 390 g/mol. The maximum Gasteiger partial charge on any atom is 0.251 e. The molecule has 1 aliphatic rings. The Balaban J connectivity index is 1.56. The molecule has 0 aliphatic carbocycles. The summed E-state index contributed by atoms with van der Waals surface area (Å²) in [6.45, 7) is 0.474. The molecular formula is C19H22N2O5S. The molecule has 0 radical (unpaired) electrons. The molecule has 0 saturated carbocycles. The van der Waals surface area contributed by atoms with Gasteiger partial charge >= 0.3 is 0 Å². The third-order valence-corrected chi connectivity index (χ3v) is 5.64. The van der Waals surface area contributed by atoms with Crippen LogP contribution in [0.4, 0.5) is 0 Å². The van der Waals surface area contributed by atoms with Crippen molar-refractivity contribution >= 4 is 15.9 Å². The van der Waals surface area contributed by atoms with Gasteiger partial charge in [-0.05, 0) is 29.8 Å². The van der Waals surface area contributed by atoms with Crippen molar-refractivity contribution < 1.29 is 23.1 Å². The summed E-state index contributed by atoms with van der Waals surface area (Å²) in [6, 6.07) is 15.8. The molecule has 3 rings (SSSR count). The highest BCUT2D eigenvalue weighted by molar-refractivity contribution is 7.88. The van der Waals surface area contributed by atoms with E-state index in [2.05, 4.69) is 5.32 Å². The van der Waals surface area contributed by atoms with Crippen LogP contribution in [0, 0.1) is 0 Å². The van der Waals surface area contributed by atoms with Crippen LogP contribution in [0.5, 0.6) is 5.75 Å². The summed E-state index contributed by atoms with van der Waals surface area (Å²) >= 11 is 0. The van der Waals surface area contributed by atoms with E-state index >= 15 is 0 Å². The number of β-amino-alcohol motifs (C(OH)–C–C–N with tert-alkyl or cyclic N) is 1. The molecule has 8 heteroatoms. The molecule has 0 bridgehead atoms. The molecule has 1 aliphatic heterocycles. The number of sulfonamides is 1. The third-order valence-electron chi connectivity index (χ3n) is 4.41. The van der Waals surface area contributed by atoms with Gasteiger partial charge in [-0.3, -0.25) is 4.79 Å². The largest absolute Gasteiger partial charge is 0.489 e. The van der Waals surface area contributed by atoms with E-state index in [-0.39, 0.29) is 19.0 Å². The van der Waals surface area contributed by atoms with Crippen molar-refractivity contribution in [3.63, 3.8) is 0 Å². The summed E-state index contributed by atoms with van der Waals surface area (Å²) in [5.41, 5.74) is 1.46. The standard InChI is InChI=1S/C19H22N2O5S/c1-27(24,25)21-11-17(18(22)12-21)20-19(23)15-7-9-16(10-8-15)26-13-14-5-3-2-4-6-14/h2-10,17-18,22H,11-13H2,1H3,(H,20,23)/t17-,18-/m0/s1. The Bertz CT molecular complexity index is 884. The van der Waals surface area contributed by atoms with E-state index in [1.54, 1.807) is 24.3 Å². The van der Waals surface area contributed by atoms with Crippen LogP contribution in [-0.4, -0.2) is 55.2 Å². The highest BCUT2D eigenvalue weighted by Crippen LogP contribution is 2.17. The summed E-state index contributed by atoms with van der Waals surface area (Å²) in [7, 11) is -3.40. The highest BCUT2D eigenvalue weighted by atomic mass is 32.2. The maximum atomic E-state index is 12.4. The minimum Gasteiger partial charge on any atom is -0.489 e. The number of hydrogen-bond donors (Lipinski definition) is 2. The van der Waals surface area contributed by atoms with Crippen LogP contribution in [0.1, 0.15) is 15.9 Å². The van der Waals surface area contributed by atoms with Crippen LogP contribution in [0.3, 0.4) is 0 Å². The normalized spacial score (nSPS) is 20.4. The molecule has 0 unspecified atom stereocenters. The van der Waals surface area contributed by atoms with Crippen molar-refractivity contribution in [2.45, 2.75) is 18.8 Å². The summed E-state index contributed by atoms with van der Waals surface area (Å²) < 4.78 is 30.0. The fourth-order valence-corrected chi connectivity index (χ4v) is 3.71. The van der Waals surface area contributed by atoms with Crippen molar-refractivity contribution in [1.29, 1.82) is 0 Å². The Labute approximate surface area is 158 Å². The number of hydrogen-bond acceptors (Lipinski definition) is 5. The highest BCUT2D eigenvalue weighted by Gasteiger charge is 2.36. The van der Waals surface area contributed by atoms with E-state index in [9.17, 15) is 18.3 Å². The number of rotatable bonds is 6. The van der Waals surface area contributed by atoms with Gasteiger partial charge in [0.15, 0.2) is 0 Å². The fourth-order valence-electron chi connectivity index (χ4n) is 2.86. The molecule has 0 spiro atoms. The predicted molar refractivity (Wildman–Crippen MR) is 101 cm³/mol. The summed E-state index contributed by atoms with van der Waals surface area (Å²) in [4.78, 5) is 12.4. The predicted octanol–water partition coefficient (Wildman–Crippen LogP) is 1.00. The summed E-state index contributed by atoms with van der Waals surface area (Å²) in [6.07, 6.45) is 0.148. The number of aliphatic hydroxyl groups is 1. The molecule has 1 amide bonds. The Morgan fingerprint density at radius 3 is 2.41 bits per heavy atom. The quantitative estimate of drug-likeness (QED) is 0.767. The molecular weight excluding hydrogens is 368 g/mol. The van der Waals surface area contributed by atoms with E-state index < -0.39 is 22.2 Å². The van der Waals surface area contributed by atoms with Crippen molar-refractivity contribution in [2.75, 3.05) is 19.3 Å². The Morgan fingerprint density at radius 2 is 1.81 bits per heavy atom. The first kappa shape index (κ1) is 19.3. The average Bonchev–Trinajstić information content (AvgIpc) is 3.02. The van der Waals surface area contributed by atoms with Gasteiger partial charge in [0.05, 0.1) is 18.4 Å². The molecule has 27 heavy (non-hydrogen) atoms. The molecule has 2 N–H and O–H groups in total. The fraction of sp³-hybridized carbons (Fsp3) is 0.316. The van der Waals surface area contributed by atoms with Gasteiger partial charge in [-0.15, -0.1) is 0 Å². The number of amides is 1. The first-order valence-corrected chi connectivity index (χ1v) is 10.4. The minimum absolute atomic E-state index is 0.0178. The number of nitrogens with zero attached hydrogens (tertiary/aromatic N) is 1. The van der Waals surface area contributed by atoms with Crippen molar-refractivity contribution in [3.05, 3.63) is 65.7 Å². The lowest BCUT2D eigenvalue weighted by Crippen LogP contribution is -2.43. The maximum absolute atomic E-state index is 12.4. The molecule has 0 aromatic heterocycles. The molecule has 2 atom stereocenters. The van der Waals surface area contributed by atoms with Crippen LogP contribution < -0.4 is 10.1 Å². The SMILES string of the molecule is CS(=O)(=O)N1C[C@H](NC(=O)c2ccc(OCc3ccccc3)cc2)[C@@H](O)C1. The molecule has 7 nitrogen and oxygen atoms in total. The lowest BCUT2D eigenvalue weighted by atomic mass is 10.1. The zero-order valence-electron chi connectivity index (χ0n) is 14.9. The van der Waals surface area contributed by atoms with E-state index in [0.717, 1.165) is 16.1 Å². The van der Waals surface area contributed by atoms with Crippen LogP contribution >= 0.6 is 0 Å². The molecule has 144 valence electrons. The minimum atomic E-state index is -3.40. The van der Waals surface area contributed by atoms with Crippen molar-refractivity contribution in [1.82, 2.24) is 9.62 Å².